The van der Waals surface area contributed by atoms with Crippen LogP contribution in [0.4, 0.5) is 0 Å². The Labute approximate surface area is 141 Å². The van der Waals surface area contributed by atoms with E-state index in [0.717, 1.165) is 47.5 Å². The second-order valence-corrected chi connectivity index (χ2v) is 7.17. The van der Waals surface area contributed by atoms with Crippen LogP contribution in [0.25, 0.3) is 22.3 Å². The van der Waals surface area contributed by atoms with Crippen molar-refractivity contribution in [2.45, 2.75) is 50.2 Å². The third-order valence-electron chi connectivity index (χ3n) is 5.50. The van der Waals surface area contributed by atoms with Gasteiger partial charge in [0.05, 0.1) is 35.2 Å². The highest BCUT2D eigenvalue weighted by atomic mass is 16.3. The van der Waals surface area contributed by atoms with E-state index in [1.54, 1.807) is 0 Å². The summed E-state index contributed by atoms with van der Waals surface area (Å²) in [6.07, 6.45) is 9.12. The van der Waals surface area contributed by atoms with Gasteiger partial charge >= 0.3 is 0 Å². The van der Waals surface area contributed by atoms with Gasteiger partial charge in [0, 0.05) is 11.8 Å². The van der Waals surface area contributed by atoms with Gasteiger partial charge in [0.25, 0.3) is 0 Å². The van der Waals surface area contributed by atoms with Crippen molar-refractivity contribution >= 4 is 11.0 Å². The molecule has 0 radical (unpaired) electrons. The van der Waals surface area contributed by atoms with E-state index in [1.165, 1.54) is 18.4 Å². The number of hydrogen-bond donors (Lipinski definition) is 1. The van der Waals surface area contributed by atoms with Crippen molar-refractivity contribution in [1.29, 1.82) is 0 Å². The highest BCUT2D eigenvalue weighted by molar-refractivity contribution is 5.81. The first-order valence-corrected chi connectivity index (χ1v) is 8.90. The molecule has 2 heterocycles. The minimum absolute atomic E-state index is 0.149. The number of nitrogens with zero attached hydrogens (tertiary/aromatic N) is 3. The Morgan fingerprint density at radius 3 is 2.71 bits per heavy atom. The molecule has 3 aromatic rings. The van der Waals surface area contributed by atoms with Gasteiger partial charge < -0.3 is 9.67 Å². The van der Waals surface area contributed by atoms with Crippen LogP contribution >= 0.6 is 0 Å². The lowest BCUT2D eigenvalue weighted by Gasteiger charge is -2.17. The predicted molar refractivity (Wildman–Crippen MR) is 93.8 cm³/mol. The van der Waals surface area contributed by atoms with E-state index < -0.39 is 0 Å². The average molecular weight is 319 g/mol. The number of aliphatic hydroxyl groups excluding tert-OH is 1. The molecular formula is C20H21N3O. The Morgan fingerprint density at radius 1 is 1.00 bits per heavy atom. The van der Waals surface area contributed by atoms with Crippen LogP contribution in [0, 0.1) is 0 Å². The summed E-state index contributed by atoms with van der Waals surface area (Å²) < 4.78 is 2.15. The fraction of sp³-hybridized carbons (Fsp3) is 0.400. The number of imidazole rings is 1. The molecule has 0 bridgehead atoms. The zero-order valence-electron chi connectivity index (χ0n) is 13.6. The van der Waals surface area contributed by atoms with Gasteiger partial charge in [-0.25, -0.2) is 4.98 Å². The van der Waals surface area contributed by atoms with E-state index in [0.29, 0.717) is 0 Å². The largest absolute Gasteiger partial charge is 0.391 e. The summed E-state index contributed by atoms with van der Waals surface area (Å²) in [6, 6.07) is 10.9. The minimum Gasteiger partial charge on any atom is -0.391 e. The van der Waals surface area contributed by atoms with Crippen molar-refractivity contribution in [1.82, 2.24) is 14.5 Å². The average Bonchev–Trinajstić information content (AvgIpc) is 3.26. The van der Waals surface area contributed by atoms with Crippen molar-refractivity contribution in [3.63, 3.8) is 0 Å². The molecule has 2 aliphatic carbocycles. The first kappa shape index (κ1) is 14.2. The minimum atomic E-state index is -0.262. The fourth-order valence-electron chi connectivity index (χ4n) is 3.97. The van der Waals surface area contributed by atoms with Gasteiger partial charge in [-0.1, -0.05) is 6.07 Å². The maximum absolute atomic E-state index is 10.2. The van der Waals surface area contributed by atoms with Crippen LogP contribution in [0.15, 0.2) is 42.9 Å². The van der Waals surface area contributed by atoms with Crippen LogP contribution in [0.2, 0.25) is 0 Å². The number of rotatable bonds is 3. The summed E-state index contributed by atoms with van der Waals surface area (Å²) in [4.78, 5) is 9.09. The molecule has 122 valence electrons. The number of fused-ring (bicyclic) bond motifs is 1. The summed E-state index contributed by atoms with van der Waals surface area (Å²) >= 11 is 0. The lowest BCUT2D eigenvalue weighted by atomic mass is 10.1. The lowest BCUT2D eigenvalue weighted by Crippen LogP contribution is -2.17. The van der Waals surface area contributed by atoms with Crippen molar-refractivity contribution in [2.24, 2.45) is 0 Å². The Bertz CT molecular complexity index is 897. The Hall–Kier alpha value is -2.20. The van der Waals surface area contributed by atoms with Crippen molar-refractivity contribution in [2.75, 3.05) is 0 Å². The lowest BCUT2D eigenvalue weighted by molar-refractivity contribution is 0.138. The molecule has 0 unspecified atom stereocenters. The molecule has 2 aromatic heterocycles. The Balaban J connectivity index is 1.58. The van der Waals surface area contributed by atoms with Gasteiger partial charge in [-0.15, -0.1) is 0 Å². The van der Waals surface area contributed by atoms with Crippen molar-refractivity contribution < 1.29 is 5.11 Å². The highest BCUT2D eigenvalue weighted by Crippen LogP contribution is 2.41. The van der Waals surface area contributed by atoms with Crippen molar-refractivity contribution in [3.8, 4) is 11.3 Å². The number of pyridine rings is 1. The number of hydrogen-bond acceptors (Lipinski definition) is 3. The van der Waals surface area contributed by atoms with Crippen LogP contribution in [-0.4, -0.2) is 25.7 Å². The molecule has 4 nitrogen and oxygen atoms in total. The Morgan fingerprint density at radius 2 is 1.92 bits per heavy atom. The van der Waals surface area contributed by atoms with Crippen LogP contribution in [0.3, 0.4) is 0 Å². The standard InChI is InChI=1S/C20H21N3O/c24-20-3-1-2-18(20)23-12-22-16-7-6-15(11-19(16)23)17-10-14(8-9-21-17)13-4-5-13/h6-13,18,20,24H,1-5H2/t18-,20-/m1/s1. The third kappa shape index (κ3) is 2.33. The summed E-state index contributed by atoms with van der Waals surface area (Å²) in [5, 5.41) is 10.2. The molecule has 4 heteroatoms. The fourth-order valence-corrected chi connectivity index (χ4v) is 3.97. The molecule has 5 rings (SSSR count). The van der Waals surface area contributed by atoms with Crippen LogP contribution in [0.1, 0.15) is 49.6 Å². The van der Waals surface area contributed by atoms with Gasteiger partial charge in [-0.2, -0.15) is 0 Å². The second-order valence-electron chi connectivity index (χ2n) is 7.17. The molecule has 2 atom stereocenters. The van der Waals surface area contributed by atoms with E-state index in [4.69, 9.17) is 0 Å². The number of benzene rings is 1. The molecule has 1 aromatic carbocycles. The second kappa shape index (κ2) is 5.42. The number of aromatic nitrogens is 3. The molecule has 24 heavy (non-hydrogen) atoms. The summed E-state index contributed by atoms with van der Waals surface area (Å²) in [5.41, 5.74) is 5.63. The SMILES string of the molecule is O[C@@H]1CCC[C@H]1n1cnc2ccc(-c3cc(C4CC4)ccn3)cc21. The summed E-state index contributed by atoms with van der Waals surface area (Å²) in [7, 11) is 0. The molecule has 1 N–H and O–H groups in total. The first-order valence-electron chi connectivity index (χ1n) is 8.90. The molecule has 2 aliphatic rings. The molecular weight excluding hydrogens is 298 g/mol. The number of aliphatic hydroxyl groups is 1. The third-order valence-corrected chi connectivity index (χ3v) is 5.50. The molecule has 2 fully saturated rings. The monoisotopic (exact) mass is 319 g/mol. The Kier molecular flexibility index (Phi) is 3.20. The van der Waals surface area contributed by atoms with Gasteiger partial charge in [-0.05, 0) is 67.9 Å². The molecule has 0 amide bonds. The maximum atomic E-state index is 10.2. The van der Waals surface area contributed by atoms with Crippen LogP contribution in [-0.2, 0) is 0 Å². The molecule has 0 aliphatic heterocycles. The van der Waals surface area contributed by atoms with Gasteiger partial charge in [0.2, 0.25) is 0 Å². The van der Waals surface area contributed by atoms with Gasteiger partial charge in [0.15, 0.2) is 0 Å². The van der Waals surface area contributed by atoms with Gasteiger partial charge in [-0.3, -0.25) is 4.98 Å². The van der Waals surface area contributed by atoms with Crippen LogP contribution < -0.4 is 0 Å². The van der Waals surface area contributed by atoms with E-state index in [9.17, 15) is 5.11 Å². The molecule has 0 saturated heterocycles. The normalized spacial score (nSPS) is 23.9. The van der Waals surface area contributed by atoms with E-state index in [-0.39, 0.29) is 12.1 Å². The van der Waals surface area contributed by atoms with Crippen LogP contribution in [0.5, 0.6) is 0 Å². The van der Waals surface area contributed by atoms with E-state index in [2.05, 4.69) is 44.9 Å². The smallest absolute Gasteiger partial charge is 0.0961 e. The predicted octanol–water partition coefficient (Wildman–Crippen LogP) is 4.06. The van der Waals surface area contributed by atoms with Gasteiger partial charge in [0.1, 0.15) is 0 Å². The topological polar surface area (TPSA) is 50.9 Å². The quantitative estimate of drug-likeness (QED) is 0.792. The molecule has 2 saturated carbocycles. The summed E-state index contributed by atoms with van der Waals surface area (Å²) in [5.74, 6) is 0.731. The highest BCUT2D eigenvalue weighted by Gasteiger charge is 2.28. The first-order chi connectivity index (χ1) is 11.8. The van der Waals surface area contributed by atoms with E-state index in [1.807, 2.05) is 12.5 Å². The zero-order valence-corrected chi connectivity index (χ0v) is 13.6. The van der Waals surface area contributed by atoms with E-state index >= 15 is 0 Å². The molecule has 0 spiro atoms. The zero-order chi connectivity index (χ0) is 16.1. The van der Waals surface area contributed by atoms with Crippen molar-refractivity contribution in [3.05, 3.63) is 48.4 Å². The maximum Gasteiger partial charge on any atom is 0.0961 e. The summed E-state index contributed by atoms with van der Waals surface area (Å²) in [6.45, 7) is 0.